The van der Waals surface area contributed by atoms with Gasteiger partial charge in [-0.15, -0.1) is 0 Å². The molecule has 0 radical (unpaired) electrons. The summed E-state index contributed by atoms with van der Waals surface area (Å²) in [5, 5.41) is 6.51. The number of hydrogen-bond donors (Lipinski definition) is 2. The van der Waals surface area contributed by atoms with Gasteiger partial charge in [-0.1, -0.05) is 12.8 Å². The van der Waals surface area contributed by atoms with Crippen molar-refractivity contribution in [2.75, 3.05) is 39.3 Å². The van der Waals surface area contributed by atoms with Gasteiger partial charge >= 0.3 is 0 Å². The molecule has 0 atom stereocenters. The van der Waals surface area contributed by atoms with Crippen LogP contribution in [-0.4, -0.2) is 50.1 Å². The van der Waals surface area contributed by atoms with E-state index in [1.165, 1.54) is 38.8 Å². The van der Waals surface area contributed by atoms with Gasteiger partial charge in [0.05, 0.1) is 6.54 Å². The van der Waals surface area contributed by atoms with Crippen LogP contribution in [0.3, 0.4) is 0 Å². The zero-order valence-electron chi connectivity index (χ0n) is 11.5. The standard InChI is InChI=1S/C13H28N4/c1-3-14-13(15-4-2)16-9-12-17-10-7-5-6-8-11-17/h3-12H2,1-2H3,(H2,14,15,16). The molecule has 0 saturated carbocycles. The molecule has 100 valence electrons. The van der Waals surface area contributed by atoms with Gasteiger partial charge in [-0.2, -0.15) is 0 Å². The fraction of sp³-hybridized carbons (Fsp3) is 0.923. The summed E-state index contributed by atoms with van der Waals surface area (Å²) in [6, 6.07) is 0. The van der Waals surface area contributed by atoms with E-state index in [9.17, 15) is 0 Å². The molecular formula is C13H28N4. The molecule has 1 saturated heterocycles. The average Bonchev–Trinajstić information content (AvgIpc) is 2.58. The Morgan fingerprint density at radius 2 is 1.59 bits per heavy atom. The van der Waals surface area contributed by atoms with Crippen molar-refractivity contribution in [1.29, 1.82) is 0 Å². The molecule has 0 aliphatic carbocycles. The fourth-order valence-corrected chi connectivity index (χ4v) is 2.17. The highest BCUT2D eigenvalue weighted by Gasteiger charge is 2.07. The van der Waals surface area contributed by atoms with Crippen molar-refractivity contribution in [2.45, 2.75) is 39.5 Å². The zero-order chi connectivity index (χ0) is 12.3. The largest absolute Gasteiger partial charge is 0.357 e. The van der Waals surface area contributed by atoms with Gasteiger partial charge in [0.1, 0.15) is 0 Å². The van der Waals surface area contributed by atoms with E-state index in [1.807, 2.05) is 0 Å². The lowest BCUT2D eigenvalue weighted by atomic mass is 10.2. The van der Waals surface area contributed by atoms with Crippen molar-refractivity contribution in [3.8, 4) is 0 Å². The molecule has 0 aromatic rings. The predicted molar refractivity (Wildman–Crippen MR) is 74.6 cm³/mol. The summed E-state index contributed by atoms with van der Waals surface area (Å²) >= 11 is 0. The first-order chi connectivity index (χ1) is 8.36. The molecule has 1 aliphatic heterocycles. The zero-order valence-corrected chi connectivity index (χ0v) is 11.5. The molecule has 17 heavy (non-hydrogen) atoms. The lowest BCUT2D eigenvalue weighted by Crippen LogP contribution is -2.38. The van der Waals surface area contributed by atoms with E-state index >= 15 is 0 Å². The molecule has 1 rings (SSSR count). The molecule has 0 unspecified atom stereocenters. The molecule has 4 heteroatoms. The number of aliphatic imine (C=N–C) groups is 1. The highest BCUT2D eigenvalue weighted by molar-refractivity contribution is 5.79. The molecule has 2 N–H and O–H groups in total. The van der Waals surface area contributed by atoms with Crippen LogP contribution in [0.4, 0.5) is 0 Å². The maximum Gasteiger partial charge on any atom is 0.191 e. The summed E-state index contributed by atoms with van der Waals surface area (Å²) in [4.78, 5) is 7.13. The molecule has 0 amide bonds. The highest BCUT2D eigenvalue weighted by atomic mass is 15.2. The van der Waals surface area contributed by atoms with Gasteiger partial charge in [-0.05, 0) is 39.8 Å². The number of nitrogens with zero attached hydrogens (tertiary/aromatic N) is 2. The van der Waals surface area contributed by atoms with Crippen LogP contribution in [0.5, 0.6) is 0 Å². The van der Waals surface area contributed by atoms with Gasteiger partial charge in [-0.25, -0.2) is 0 Å². The van der Waals surface area contributed by atoms with Crippen molar-refractivity contribution in [1.82, 2.24) is 15.5 Å². The Bertz CT molecular complexity index is 199. The number of nitrogens with one attached hydrogen (secondary N) is 2. The molecule has 1 heterocycles. The van der Waals surface area contributed by atoms with E-state index in [0.29, 0.717) is 0 Å². The minimum atomic E-state index is 0.898. The van der Waals surface area contributed by atoms with Crippen LogP contribution in [-0.2, 0) is 0 Å². The smallest absolute Gasteiger partial charge is 0.191 e. The lowest BCUT2D eigenvalue weighted by molar-refractivity contribution is 0.293. The van der Waals surface area contributed by atoms with E-state index in [1.54, 1.807) is 0 Å². The first-order valence-corrected chi connectivity index (χ1v) is 7.11. The molecule has 0 aromatic carbocycles. The number of hydrogen-bond acceptors (Lipinski definition) is 2. The van der Waals surface area contributed by atoms with Crippen molar-refractivity contribution in [3.63, 3.8) is 0 Å². The molecule has 0 bridgehead atoms. The number of likely N-dealkylation sites (tertiary alicyclic amines) is 1. The number of rotatable bonds is 5. The minimum absolute atomic E-state index is 0.898. The summed E-state index contributed by atoms with van der Waals surface area (Å²) in [6.45, 7) is 10.6. The van der Waals surface area contributed by atoms with Crippen LogP contribution in [0, 0.1) is 0 Å². The van der Waals surface area contributed by atoms with Crippen LogP contribution in [0.2, 0.25) is 0 Å². The molecule has 4 nitrogen and oxygen atoms in total. The van der Waals surface area contributed by atoms with Gasteiger partial charge in [-0.3, -0.25) is 4.99 Å². The van der Waals surface area contributed by atoms with Crippen LogP contribution >= 0.6 is 0 Å². The Morgan fingerprint density at radius 3 is 2.12 bits per heavy atom. The Kier molecular flexibility index (Phi) is 7.80. The maximum absolute atomic E-state index is 4.58. The Hall–Kier alpha value is -0.770. The SMILES string of the molecule is CCNC(=NCCN1CCCCCC1)NCC. The van der Waals surface area contributed by atoms with E-state index < -0.39 is 0 Å². The van der Waals surface area contributed by atoms with E-state index in [2.05, 4.69) is 34.4 Å². The van der Waals surface area contributed by atoms with Gasteiger partial charge in [0.15, 0.2) is 5.96 Å². The Labute approximate surface area is 106 Å². The molecule has 0 aromatic heterocycles. The van der Waals surface area contributed by atoms with Gasteiger partial charge < -0.3 is 15.5 Å². The van der Waals surface area contributed by atoms with E-state index in [-0.39, 0.29) is 0 Å². The van der Waals surface area contributed by atoms with Gasteiger partial charge in [0.25, 0.3) is 0 Å². The van der Waals surface area contributed by atoms with Crippen molar-refractivity contribution in [2.24, 2.45) is 4.99 Å². The third-order valence-corrected chi connectivity index (χ3v) is 3.07. The van der Waals surface area contributed by atoms with Crippen LogP contribution in [0.25, 0.3) is 0 Å². The van der Waals surface area contributed by atoms with Crippen molar-refractivity contribution >= 4 is 5.96 Å². The highest BCUT2D eigenvalue weighted by Crippen LogP contribution is 2.08. The Morgan fingerprint density at radius 1 is 1.00 bits per heavy atom. The van der Waals surface area contributed by atoms with Crippen LogP contribution in [0.1, 0.15) is 39.5 Å². The fourth-order valence-electron chi connectivity index (χ4n) is 2.17. The number of guanidine groups is 1. The van der Waals surface area contributed by atoms with Crippen molar-refractivity contribution in [3.05, 3.63) is 0 Å². The minimum Gasteiger partial charge on any atom is -0.357 e. The quantitative estimate of drug-likeness (QED) is 0.564. The van der Waals surface area contributed by atoms with Crippen LogP contribution in [0.15, 0.2) is 4.99 Å². The average molecular weight is 240 g/mol. The second-order valence-electron chi connectivity index (χ2n) is 4.55. The van der Waals surface area contributed by atoms with Gasteiger partial charge in [0, 0.05) is 19.6 Å². The van der Waals surface area contributed by atoms with Crippen molar-refractivity contribution < 1.29 is 0 Å². The monoisotopic (exact) mass is 240 g/mol. The van der Waals surface area contributed by atoms with Gasteiger partial charge in [0.2, 0.25) is 0 Å². The molecule has 1 fully saturated rings. The third-order valence-electron chi connectivity index (χ3n) is 3.07. The summed E-state index contributed by atoms with van der Waals surface area (Å²) in [7, 11) is 0. The first-order valence-electron chi connectivity index (χ1n) is 7.11. The molecular weight excluding hydrogens is 212 g/mol. The summed E-state index contributed by atoms with van der Waals surface area (Å²) < 4.78 is 0. The summed E-state index contributed by atoms with van der Waals surface area (Å²) in [5.41, 5.74) is 0. The lowest BCUT2D eigenvalue weighted by Gasteiger charge is -2.18. The summed E-state index contributed by atoms with van der Waals surface area (Å²) in [5.74, 6) is 0.949. The maximum atomic E-state index is 4.58. The normalized spacial score (nSPS) is 17.3. The van der Waals surface area contributed by atoms with E-state index in [0.717, 1.165) is 32.1 Å². The van der Waals surface area contributed by atoms with Crippen LogP contribution < -0.4 is 10.6 Å². The topological polar surface area (TPSA) is 39.7 Å². The third kappa shape index (κ3) is 6.51. The van der Waals surface area contributed by atoms with E-state index in [4.69, 9.17) is 0 Å². The molecule has 0 spiro atoms. The predicted octanol–water partition coefficient (Wildman–Crippen LogP) is 1.44. The Balaban J connectivity index is 2.24. The second kappa shape index (κ2) is 9.28. The molecule has 1 aliphatic rings. The second-order valence-corrected chi connectivity index (χ2v) is 4.55. The first kappa shape index (κ1) is 14.3. The summed E-state index contributed by atoms with van der Waals surface area (Å²) in [6.07, 6.45) is 5.52.